The number of nitrogens with one attached hydrogen (secondary N) is 2. The van der Waals surface area contributed by atoms with Crippen LogP contribution in [-0.4, -0.2) is 56.4 Å². The molecule has 1 saturated heterocycles. The summed E-state index contributed by atoms with van der Waals surface area (Å²) >= 11 is 1.54. The number of amides is 2. The van der Waals surface area contributed by atoms with Gasteiger partial charge in [0.1, 0.15) is 0 Å². The van der Waals surface area contributed by atoms with Gasteiger partial charge in [-0.25, -0.2) is 4.79 Å². The molecule has 7 nitrogen and oxygen atoms in total. The lowest BCUT2D eigenvalue weighted by molar-refractivity contribution is -0.127. The number of esters is 1. The standard InChI is InChI=1S/C17H22N2O5S/c1-18-15(20)9-19-16(21)10-24-17(22)13-6-2-3-7-14(13)25-11-12-5-4-8-23-12/h2-3,6-7,12H,4-5,8-11H2,1H3,(H,18,20)(H,19,21)/t12-/m0/s1. The number of likely N-dealkylation sites (N-methyl/N-ethyl adjacent to an activating group) is 1. The van der Waals surface area contributed by atoms with E-state index in [0.29, 0.717) is 5.56 Å². The molecule has 2 rings (SSSR count). The zero-order valence-corrected chi connectivity index (χ0v) is 14.9. The van der Waals surface area contributed by atoms with Crippen LogP contribution in [0.2, 0.25) is 0 Å². The van der Waals surface area contributed by atoms with Crippen LogP contribution in [0.3, 0.4) is 0 Å². The number of ether oxygens (including phenoxy) is 2. The largest absolute Gasteiger partial charge is 0.452 e. The van der Waals surface area contributed by atoms with E-state index in [2.05, 4.69) is 10.6 Å². The van der Waals surface area contributed by atoms with Gasteiger partial charge in [-0.1, -0.05) is 12.1 Å². The lowest BCUT2D eigenvalue weighted by atomic mass is 10.2. The van der Waals surface area contributed by atoms with Crippen LogP contribution in [0.5, 0.6) is 0 Å². The van der Waals surface area contributed by atoms with Crippen molar-refractivity contribution in [1.29, 1.82) is 0 Å². The third-order valence-corrected chi connectivity index (χ3v) is 4.82. The molecule has 25 heavy (non-hydrogen) atoms. The smallest absolute Gasteiger partial charge is 0.339 e. The van der Waals surface area contributed by atoms with E-state index < -0.39 is 18.5 Å². The van der Waals surface area contributed by atoms with Gasteiger partial charge in [-0.2, -0.15) is 0 Å². The summed E-state index contributed by atoms with van der Waals surface area (Å²) in [5, 5.41) is 4.75. The minimum Gasteiger partial charge on any atom is -0.452 e. The van der Waals surface area contributed by atoms with Crippen LogP contribution >= 0.6 is 11.8 Å². The van der Waals surface area contributed by atoms with Gasteiger partial charge in [0.2, 0.25) is 5.91 Å². The molecule has 1 fully saturated rings. The Hall–Kier alpha value is -2.06. The predicted molar refractivity (Wildman–Crippen MR) is 93.5 cm³/mol. The van der Waals surface area contributed by atoms with Crippen LogP contribution in [0.25, 0.3) is 0 Å². The van der Waals surface area contributed by atoms with Gasteiger partial charge in [0.25, 0.3) is 5.91 Å². The van der Waals surface area contributed by atoms with Crippen molar-refractivity contribution in [1.82, 2.24) is 10.6 Å². The van der Waals surface area contributed by atoms with E-state index in [0.717, 1.165) is 30.1 Å². The van der Waals surface area contributed by atoms with Crippen molar-refractivity contribution in [2.75, 3.05) is 32.6 Å². The molecule has 1 aromatic rings. The van der Waals surface area contributed by atoms with Crippen LogP contribution in [0.15, 0.2) is 29.2 Å². The monoisotopic (exact) mass is 366 g/mol. The minimum atomic E-state index is -0.564. The predicted octanol–water partition coefficient (Wildman–Crippen LogP) is 0.977. The minimum absolute atomic E-state index is 0.152. The van der Waals surface area contributed by atoms with E-state index in [1.807, 2.05) is 12.1 Å². The number of rotatable bonds is 8. The fourth-order valence-electron chi connectivity index (χ4n) is 2.25. The quantitative estimate of drug-likeness (QED) is 0.526. The summed E-state index contributed by atoms with van der Waals surface area (Å²) in [6.07, 6.45) is 2.31. The number of hydrogen-bond acceptors (Lipinski definition) is 6. The summed E-state index contributed by atoms with van der Waals surface area (Å²) in [7, 11) is 1.47. The molecule has 0 spiro atoms. The molecule has 1 aromatic carbocycles. The zero-order valence-electron chi connectivity index (χ0n) is 14.1. The number of carbonyl (C=O) groups excluding carboxylic acids is 3. The molecule has 136 valence electrons. The normalized spacial score (nSPS) is 16.3. The third kappa shape index (κ3) is 6.39. The Morgan fingerprint density at radius 2 is 2.08 bits per heavy atom. The molecule has 0 aromatic heterocycles. The highest BCUT2D eigenvalue weighted by Gasteiger charge is 2.19. The van der Waals surface area contributed by atoms with E-state index in [1.54, 1.807) is 23.9 Å². The number of hydrogen-bond donors (Lipinski definition) is 2. The molecular weight excluding hydrogens is 344 g/mol. The van der Waals surface area contributed by atoms with Gasteiger partial charge in [0.15, 0.2) is 6.61 Å². The third-order valence-electron chi connectivity index (χ3n) is 3.62. The Morgan fingerprint density at radius 1 is 1.28 bits per heavy atom. The van der Waals surface area contributed by atoms with Gasteiger partial charge < -0.3 is 20.1 Å². The summed E-state index contributed by atoms with van der Waals surface area (Å²) in [5.74, 6) is -0.640. The van der Waals surface area contributed by atoms with Crippen molar-refractivity contribution in [3.8, 4) is 0 Å². The maximum Gasteiger partial charge on any atom is 0.339 e. The van der Waals surface area contributed by atoms with E-state index in [9.17, 15) is 14.4 Å². The summed E-state index contributed by atoms with van der Waals surface area (Å²) in [6, 6.07) is 7.12. The van der Waals surface area contributed by atoms with E-state index >= 15 is 0 Å². The van der Waals surface area contributed by atoms with E-state index in [4.69, 9.17) is 9.47 Å². The van der Waals surface area contributed by atoms with Gasteiger partial charge in [-0.15, -0.1) is 11.8 Å². The van der Waals surface area contributed by atoms with Crippen LogP contribution < -0.4 is 10.6 Å². The highest BCUT2D eigenvalue weighted by Crippen LogP contribution is 2.27. The Bertz CT molecular complexity index is 617. The number of benzene rings is 1. The molecule has 0 saturated carbocycles. The van der Waals surface area contributed by atoms with Crippen molar-refractivity contribution in [2.24, 2.45) is 0 Å². The first-order chi connectivity index (χ1) is 12.1. The molecule has 0 bridgehead atoms. The van der Waals surface area contributed by atoms with Crippen molar-refractivity contribution in [3.05, 3.63) is 29.8 Å². The number of thioether (sulfide) groups is 1. The first-order valence-electron chi connectivity index (χ1n) is 8.08. The maximum atomic E-state index is 12.2. The molecule has 0 aliphatic carbocycles. The second kappa shape index (κ2) is 10.0. The van der Waals surface area contributed by atoms with Gasteiger partial charge in [0.05, 0.1) is 18.2 Å². The lowest BCUT2D eigenvalue weighted by Crippen LogP contribution is -2.37. The highest BCUT2D eigenvalue weighted by molar-refractivity contribution is 7.99. The van der Waals surface area contributed by atoms with Crippen LogP contribution in [0, 0.1) is 0 Å². The van der Waals surface area contributed by atoms with Crippen LogP contribution in [-0.2, 0) is 19.1 Å². The van der Waals surface area contributed by atoms with E-state index in [1.165, 1.54) is 7.05 Å². The molecule has 2 N–H and O–H groups in total. The van der Waals surface area contributed by atoms with Crippen molar-refractivity contribution < 1.29 is 23.9 Å². The Balaban J connectivity index is 1.84. The van der Waals surface area contributed by atoms with Gasteiger partial charge in [-0.05, 0) is 25.0 Å². The topological polar surface area (TPSA) is 93.7 Å². The van der Waals surface area contributed by atoms with Gasteiger partial charge in [-0.3, -0.25) is 9.59 Å². The average Bonchev–Trinajstić information content (AvgIpc) is 3.16. The van der Waals surface area contributed by atoms with Crippen molar-refractivity contribution >= 4 is 29.5 Å². The fraction of sp³-hybridized carbons (Fsp3) is 0.471. The summed E-state index contributed by atoms with van der Waals surface area (Å²) in [6.45, 7) is 0.210. The molecule has 1 aliphatic rings. The second-order valence-electron chi connectivity index (χ2n) is 5.47. The van der Waals surface area contributed by atoms with Crippen molar-refractivity contribution in [3.63, 3.8) is 0 Å². The highest BCUT2D eigenvalue weighted by atomic mass is 32.2. The molecule has 2 amide bonds. The van der Waals surface area contributed by atoms with Gasteiger partial charge in [0, 0.05) is 24.3 Å². The summed E-state index contributed by atoms with van der Waals surface area (Å²) in [4.78, 5) is 35.7. The lowest BCUT2D eigenvalue weighted by Gasteiger charge is -2.12. The summed E-state index contributed by atoms with van der Waals surface area (Å²) in [5.41, 5.74) is 0.421. The Morgan fingerprint density at radius 3 is 2.80 bits per heavy atom. The van der Waals surface area contributed by atoms with E-state index in [-0.39, 0.29) is 18.6 Å². The number of carbonyl (C=O) groups is 3. The SMILES string of the molecule is CNC(=O)CNC(=O)COC(=O)c1ccccc1SC[C@@H]1CCCO1. The fourth-order valence-corrected chi connectivity index (χ4v) is 3.36. The zero-order chi connectivity index (χ0) is 18.1. The molecule has 8 heteroatoms. The van der Waals surface area contributed by atoms with Crippen LogP contribution in [0.1, 0.15) is 23.2 Å². The molecule has 1 atom stereocenters. The first-order valence-corrected chi connectivity index (χ1v) is 9.06. The first kappa shape index (κ1) is 19.3. The van der Waals surface area contributed by atoms with Gasteiger partial charge >= 0.3 is 5.97 Å². The molecule has 1 aliphatic heterocycles. The Labute approximate surface area is 150 Å². The molecule has 0 unspecified atom stereocenters. The maximum absolute atomic E-state index is 12.2. The molecular formula is C17H22N2O5S. The van der Waals surface area contributed by atoms with Crippen LogP contribution in [0.4, 0.5) is 0 Å². The second-order valence-corrected chi connectivity index (χ2v) is 6.53. The van der Waals surface area contributed by atoms with Crippen molar-refractivity contribution in [2.45, 2.75) is 23.8 Å². The summed E-state index contributed by atoms with van der Waals surface area (Å²) < 4.78 is 10.6. The molecule has 1 heterocycles. The average molecular weight is 366 g/mol. The molecule has 0 radical (unpaired) electrons. The Kier molecular flexibility index (Phi) is 7.75.